The molecule has 22 heavy (non-hydrogen) atoms. The molecule has 1 aliphatic heterocycles. The van der Waals surface area contributed by atoms with E-state index in [-0.39, 0.29) is 11.9 Å². The van der Waals surface area contributed by atoms with Crippen LogP contribution in [0.4, 0.5) is 4.79 Å². The van der Waals surface area contributed by atoms with Gasteiger partial charge in [-0.1, -0.05) is 0 Å². The summed E-state index contributed by atoms with van der Waals surface area (Å²) in [6, 6.07) is -0.00742. The molecule has 1 fully saturated rings. The van der Waals surface area contributed by atoms with Crippen molar-refractivity contribution in [1.29, 1.82) is 0 Å². The van der Waals surface area contributed by atoms with Gasteiger partial charge >= 0.3 is 6.03 Å². The Morgan fingerprint density at radius 1 is 1.45 bits per heavy atom. The van der Waals surface area contributed by atoms with Gasteiger partial charge in [-0.2, -0.15) is 0 Å². The van der Waals surface area contributed by atoms with Crippen molar-refractivity contribution in [2.45, 2.75) is 25.3 Å². The summed E-state index contributed by atoms with van der Waals surface area (Å²) in [6.45, 7) is 2.82. The van der Waals surface area contributed by atoms with Gasteiger partial charge in [0, 0.05) is 51.5 Å². The first-order chi connectivity index (χ1) is 10.7. The van der Waals surface area contributed by atoms with Crippen molar-refractivity contribution >= 4 is 6.03 Å². The van der Waals surface area contributed by atoms with Crippen molar-refractivity contribution in [1.82, 2.24) is 34.5 Å². The number of aromatic nitrogens is 5. The Bertz CT molecular complexity index is 606. The minimum absolute atomic E-state index is 0.00742. The Labute approximate surface area is 129 Å². The van der Waals surface area contributed by atoms with Gasteiger partial charge in [0.1, 0.15) is 12.2 Å². The molecular formula is C14H21N7O. The monoisotopic (exact) mass is 303 g/mol. The van der Waals surface area contributed by atoms with E-state index < -0.39 is 0 Å². The lowest BCUT2D eigenvalue weighted by Gasteiger charge is -2.32. The number of carbonyl (C=O) groups excluding carboxylic acids is 1. The van der Waals surface area contributed by atoms with Gasteiger partial charge in [0.2, 0.25) is 0 Å². The minimum Gasteiger partial charge on any atom is -0.336 e. The van der Waals surface area contributed by atoms with Gasteiger partial charge in [0.05, 0.1) is 6.33 Å². The summed E-state index contributed by atoms with van der Waals surface area (Å²) in [5, 5.41) is 11.1. The standard InChI is InChI=1S/C14H21N7O/c1-19-11-17-18-13(19)12-3-2-6-21(9-12)14(22)16-5-8-20-7-4-15-10-20/h4,7,10-12H,2-3,5-6,8-9H2,1H3,(H,16,22)/t12-/m0/s1. The molecule has 118 valence electrons. The van der Waals surface area contributed by atoms with Gasteiger partial charge in [0.25, 0.3) is 0 Å². The van der Waals surface area contributed by atoms with Crippen LogP contribution in [0.2, 0.25) is 0 Å². The predicted molar refractivity (Wildman–Crippen MR) is 80.2 cm³/mol. The Morgan fingerprint density at radius 2 is 2.36 bits per heavy atom. The second-order valence-corrected chi connectivity index (χ2v) is 5.62. The van der Waals surface area contributed by atoms with E-state index in [1.807, 2.05) is 27.3 Å². The fraction of sp³-hybridized carbons (Fsp3) is 0.571. The number of nitrogens with one attached hydrogen (secondary N) is 1. The zero-order chi connectivity index (χ0) is 15.4. The molecule has 2 aromatic rings. The van der Waals surface area contributed by atoms with E-state index in [4.69, 9.17) is 0 Å². The van der Waals surface area contributed by atoms with Crippen molar-refractivity contribution in [3.63, 3.8) is 0 Å². The molecule has 0 aromatic carbocycles. The maximum atomic E-state index is 12.3. The fourth-order valence-corrected chi connectivity index (χ4v) is 2.86. The number of rotatable bonds is 4. The number of carbonyl (C=O) groups is 1. The number of nitrogens with zero attached hydrogens (tertiary/aromatic N) is 6. The van der Waals surface area contributed by atoms with Crippen LogP contribution < -0.4 is 5.32 Å². The SMILES string of the molecule is Cn1cnnc1[C@H]1CCCN(C(=O)NCCn2ccnc2)C1. The molecule has 0 unspecified atom stereocenters. The smallest absolute Gasteiger partial charge is 0.317 e. The van der Waals surface area contributed by atoms with Gasteiger partial charge in [-0.05, 0) is 12.8 Å². The summed E-state index contributed by atoms with van der Waals surface area (Å²) in [4.78, 5) is 18.1. The number of urea groups is 1. The van der Waals surface area contributed by atoms with Crippen LogP contribution in [0, 0.1) is 0 Å². The molecule has 0 bridgehead atoms. The molecule has 0 aliphatic carbocycles. The van der Waals surface area contributed by atoms with E-state index in [0.717, 1.165) is 31.8 Å². The molecule has 1 aliphatic rings. The summed E-state index contributed by atoms with van der Waals surface area (Å²) in [5.41, 5.74) is 0. The molecule has 1 N–H and O–H groups in total. The van der Waals surface area contributed by atoms with E-state index in [2.05, 4.69) is 20.5 Å². The molecular weight excluding hydrogens is 282 g/mol. The Kier molecular flexibility index (Phi) is 4.36. The maximum Gasteiger partial charge on any atom is 0.317 e. The summed E-state index contributed by atoms with van der Waals surface area (Å²) in [5.74, 6) is 1.22. The van der Waals surface area contributed by atoms with Crippen LogP contribution in [0.5, 0.6) is 0 Å². The molecule has 0 saturated carbocycles. The second-order valence-electron chi connectivity index (χ2n) is 5.62. The summed E-state index contributed by atoms with van der Waals surface area (Å²) in [6.07, 6.45) is 9.11. The number of hydrogen-bond donors (Lipinski definition) is 1. The van der Waals surface area contributed by atoms with E-state index in [1.54, 1.807) is 18.9 Å². The zero-order valence-electron chi connectivity index (χ0n) is 12.7. The van der Waals surface area contributed by atoms with Crippen LogP contribution in [0.1, 0.15) is 24.6 Å². The molecule has 1 atom stereocenters. The highest BCUT2D eigenvalue weighted by Crippen LogP contribution is 2.24. The van der Waals surface area contributed by atoms with Gasteiger partial charge in [-0.3, -0.25) is 0 Å². The van der Waals surface area contributed by atoms with Crippen molar-refractivity contribution < 1.29 is 4.79 Å². The van der Waals surface area contributed by atoms with Crippen LogP contribution in [-0.2, 0) is 13.6 Å². The molecule has 3 heterocycles. The van der Waals surface area contributed by atoms with Crippen LogP contribution in [0.3, 0.4) is 0 Å². The largest absolute Gasteiger partial charge is 0.336 e. The Balaban J connectivity index is 1.51. The van der Waals surface area contributed by atoms with Crippen LogP contribution >= 0.6 is 0 Å². The van der Waals surface area contributed by atoms with Gasteiger partial charge < -0.3 is 19.4 Å². The molecule has 2 amide bonds. The summed E-state index contributed by atoms with van der Waals surface area (Å²) in [7, 11) is 1.94. The maximum absolute atomic E-state index is 12.3. The topological polar surface area (TPSA) is 80.9 Å². The second kappa shape index (κ2) is 6.59. The third-order valence-electron chi connectivity index (χ3n) is 4.03. The summed E-state index contributed by atoms with van der Waals surface area (Å²) < 4.78 is 3.88. The minimum atomic E-state index is -0.00742. The fourth-order valence-electron chi connectivity index (χ4n) is 2.86. The van der Waals surface area contributed by atoms with Crippen LogP contribution in [-0.4, -0.2) is 54.9 Å². The average Bonchev–Trinajstić information content (AvgIpc) is 3.19. The lowest BCUT2D eigenvalue weighted by Crippen LogP contribution is -2.46. The molecule has 1 saturated heterocycles. The third-order valence-corrected chi connectivity index (χ3v) is 4.03. The number of piperidine rings is 1. The normalized spacial score (nSPS) is 18.4. The van der Waals surface area contributed by atoms with E-state index in [0.29, 0.717) is 13.1 Å². The van der Waals surface area contributed by atoms with Gasteiger partial charge in [0.15, 0.2) is 0 Å². The zero-order valence-corrected chi connectivity index (χ0v) is 12.7. The van der Waals surface area contributed by atoms with Crippen molar-refractivity contribution in [3.05, 3.63) is 30.9 Å². The lowest BCUT2D eigenvalue weighted by atomic mass is 9.97. The predicted octanol–water partition coefficient (Wildman–Crippen LogP) is 0.601. The lowest BCUT2D eigenvalue weighted by molar-refractivity contribution is 0.177. The third kappa shape index (κ3) is 3.26. The number of imidazole rings is 1. The highest BCUT2D eigenvalue weighted by Gasteiger charge is 2.27. The first-order valence-corrected chi connectivity index (χ1v) is 7.56. The van der Waals surface area contributed by atoms with E-state index in [1.165, 1.54) is 0 Å². The number of likely N-dealkylation sites (tertiary alicyclic amines) is 1. The van der Waals surface area contributed by atoms with Crippen molar-refractivity contribution in [3.8, 4) is 0 Å². The van der Waals surface area contributed by atoms with Crippen LogP contribution in [0.15, 0.2) is 25.0 Å². The quantitative estimate of drug-likeness (QED) is 0.897. The number of aryl methyl sites for hydroxylation is 1. The molecule has 8 nitrogen and oxygen atoms in total. The molecule has 2 aromatic heterocycles. The molecule has 8 heteroatoms. The summed E-state index contributed by atoms with van der Waals surface area (Å²) >= 11 is 0. The van der Waals surface area contributed by atoms with Gasteiger partial charge in [-0.15, -0.1) is 10.2 Å². The Morgan fingerprint density at radius 3 is 3.09 bits per heavy atom. The Hall–Kier alpha value is -2.38. The van der Waals surface area contributed by atoms with Crippen LogP contribution in [0.25, 0.3) is 0 Å². The highest BCUT2D eigenvalue weighted by atomic mass is 16.2. The van der Waals surface area contributed by atoms with E-state index in [9.17, 15) is 4.79 Å². The number of amides is 2. The molecule has 3 rings (SSSR count). The average molecular weight is 303 g/mol. The van der Waals surface area contributed by atoms with E-state index >= 15 is 0 Å². The van der Waals surface area contributed by atoms with Crippen molar-refractivity contribution in [2.24, 2.45) is 7.05 Å². The van der Waals surface area contributed by atoms with Crippen molar-refractivity contribution in [2.75, 3.05) is 19.6 Å². The first-order valence-electron chi connectivity index (χ1n) is 7.56. The number of hydrogen-bond acceptors (Lipinski definition) is 4. The molecule has 0 spiro atoms. The van der Waals surface area contributed by atoms with Gasteiger partial charge in [-0.25, -0.2) is 9.78 Å². The highest BCUT2D eigenvalue weighted by molar-refractivity contribution is 5.74. The molecule has 0 radical (unpaired) electrons. The first kappa shape index (κ1) is 14.6.